The van der Waals surface area contributed by atoms with Gasteiger partial charge in [0, 0.05) is 0 Å². The largest absolute Gasteiger partial charge is 0.473 e. The molecule has 0 heterocycles. The van der Waals surface area contributed by atoms with Crippen LogP contribution in [0.3, 0.4) is 0 Å². The first-order valence-electron chi connectivity index (χ1n) is 2.79. The number of carbonyl (C=O) groups is 3. The monoisotopic (exact) mass is 178 g/mol. The Morgan fingerprint density at radius 2 is 1.75 bits per heavy atom. The van der Waals surface area contributed by atoms with Gasteiger partial charge in [0.2, 0.25) is 0 Å². The topological polar surface area (TPSA) is 110 Å². The van der Waals surface area contributed by atoms with Crippen molar-refractivity contribution in [2.24, 2.45) is 0 Å². The van der Waals surface area contributed by atoms with Gasteiger partial charge in [0.1, 0.15) is 0 Å². The highest BCUT2D eigenvalue weighted by Gasteiger charge is 2.19. The van der Waals surface area contributed by atoms with E-state index in [4.69, 9.17) is 10.2 Å². The van der Waals surface area contributed by atoms with E-state index in [2.05, 4.69) is 9.78 Å². The molecule has 0 saturated carbocycles. The van der Waals surface area contributed by atoms with E-state index in [0.717, 1.165) is 6.92 Å². The van der Waals surface area contributed by atoms with E-state index in [-0.39, 0.29) is 0 Å². The van der Waals surface area contributed by atoms with Gasteiger partial charge in [-0.1, -0.05) is 0 Å². The van der Waals surface area contributed by atoms with Crippen molar-refractivity contribution in [3.05, 3.63) is 0 Å². The van der Waals surface area contributed by atoms with Gasteiger partial charge in [-0.3, -0.25) is 0 Å². The summed E-state index contributed by atoms with van der Waals surface area (Å²) in [6, 6.07) is 0. The van der Waals surface area contributed by atoms with Crippen molar-refractivity contribution in [3.8, 4) is 0 Å². The van der Waals surface area contributed by atoms with Crippen LogP contribution in [0, 0.1) is 0 Å². The molecule has 0 aromatic heterocycles. The fraction of sp³-hybridized carbons (Fsp3) is 0.400. The first-order chi connectivity index (χ1) is 5.45. The zero-order valence-electron chi connectivity index (χ0n) is 6.01. The molecular weight excluding hydrogens is 172 g/mol. The third-order valence-corrected chi connectivity index (χ3v) is 0.715. The molecule has 0 saturated heterocycles. The van der Waals surface area contributed by atoms with Crippen LogP contribution in [0.1, 0.15) is 6.92 Å². The molecule has 0 aliphatic rings. The second kappa shape index (κ2) is 4.29. The van der Waals surface area contributed by atoms with E-state index in [1.54, 1.807) is 0 Å². The normalized spacial score (nSPS) is 11.5. The minimum Gasteiger partial charge on any atom is -0.473 e. The predicted octanol–water partition coefficient (Wildman–Crippen LogP) is -1.55. The van der Waals surface area contributed by atoms with Crippen LogP contribution in [0.5, 0.6) is 0 Å². The lowest BCUT2D eigenvalue weighted by Crippen LogP contribution is -2.24. The molecule has 12 heavy (non-hydrogen) atoms. The predicted molar refractivity (Wildman–Crippen MR) is 31.5 cm³/mol. The van der Waals surface area contributed by atoms with Gasteiger partial charge < -0.3 is 10.2 Å². The molecule has 1 unspecified atom stereocenters. The van der Waals surface area contributed by atoms with Crippen molar-refractivity contribution in [3.63, 3.8) is 0 Å². The number of carboxylic acid groups (broad SMARTS) is 1. The van der Waals surface area contributed by atoms with Gasteiger partial charge >= 0.3 is 17.9 Å². The van der Waals surface area contributed by atoms with Gasteiger partial charge in [-0.2, -0.15) is 0 Å². The van der Waals surface area contributed by atoms with Crippen LogP contribution in [0.15, 0.2) is 0 Å². The average molecular weight is 178 g/mol. The number of carbonyl (C=O) groups excluding carboxylic acids is 2. The summed E-state index contributed by atoms with van der Waals surface area (Å²) in [4.78, 5) is 37.3. The van der Waals surface area contributed by atoms with Crippen LogP contribution in [0.4, 0.5) is 0 Å². The van der Waals surface area contributed by atoms with Gasteiger partial charge in [0.05, 0.1) is 0 Å². The maximum atomic E-state index is 10.3. The molecule has 0 bridgehead atoms. The standard InChI is InChI=1S/C5H6O7/c1-2(6)4(9)11-12-5(10)3(7)8/h2,6H,1H3,(H,7,8). The molecule has 68 valence electrons. The van der Waals surface area contributed by atoms with Crippen LogP contribution < -0.4 is 0 Å². The summed E-state index contributed by atoms with van der Waals surface area (Å²) in [6.45, 7) is 1.07. The van der Waals surface area contributed by atoms with Crippen molar-refractivity contribution in [1.82, 2.24) is 0 Å². The Morgan fingerprint density at radius 3 is 2.08 bits per heavy atom. The van der Waals surface area contributed by atoms with Crippen LogP contribution in [-0.4, -0.2) is 34.2 Å². The summed E-state index contributed by atoms with van der Waals surface area (Å²) in [5.41, 5.74) is 0. The van der Waals surface area contributed by atoms with Gasteiger partial charge in [-0.15, -0.1) is 0 Å². The van der Waals surface area contributed by atoms with E-state index in [1.165, 1.54) is 0 Å². The number of rotatable bonds is 1. The SMILES string of the molecule is CC(O)C(=O)OOC(=O)C(=O)O. The summed E-state index contributed by atoms with van der Waals surface area (Å²) in [7, 11) is 0. The molecule has 0 fully saturated rings. The highest BCUT2D eigenvalue weighted by Crippen LogP contribution is 1.88. The lowest BCUT2D eigenvalue weighted by molar-refractivity contribution is -0.263. The van der Waals surface area contributed by atoms with Crippen LogP contribution in [-0.2, 0) is 24.2 Å². The molecule has 0 spiro atoms. The maximum Gasteiger partial charge on any atom is 0.462 e. The molecule has 7 heteroatoms. The Morgan fingerprint density at radius 1 is 1.25 bits per heavy atom. The third kappa shape index (κ3) is 3.52. The zero-order valence-corrected chi connectivity index (χ0v) is 6.01. The second-order valence-electron chi connectivity index (χ2n) is 1.75. The van der Waals surface area contributed by atoms with Gasteiger partial charge in [-0.05, 0) is 6.92 Å². The van der Waals surface area contributed by atoms with E-state index in [0.29, 0.717) is 0 Å². The van der Waals surface area contributed by atoms with Crippen molar-refractivity contribution in [1.29, 1.82) is 0 Å². The summed E-state index contributed by atoms with van der Waals surface area (Å²) >= 11 is 0. The highest BCUT2D eigenvalue weighted by molar-refractivity contribution is 6.28. The fourth-order valence-corrected chi connectivity index (χ4v) is 0.184. The summed E-state index contributed by atoms with van der Waals surface area (Å²) in [6.07, 6.45) is -1.48. The molecule has 0 rings (SSSR count). The van der Waals surface area contributed by atoms with E-state index in [9.17, 15) is 14.4 Å². The number of aliphatic carboxylic acids is 1. The van der Waals surface area contributed by atoms with Crippen molar-refractivity contribution in [2.45, 2.75) is 13.0 Å². The van der Waals surface area contributed by atoms with Gasteiger partial charge in [0.15, 0.2) is 6.10 Å². The second-order valence-corrected chi connectivity index (χ2v) is 1.75. The molecule has 0 aromatic carbocycles. The van der Waals surface area contributed by atoms with E-state index >= 15 is 0 Å². The molecule has 2 N–H and O–H groups in total. The number of hydrogen-bond acceptors (Lipinski definition) is 6. The summed E-state index contributed by atoms with van der Waals surface area (Å²) in [5.74, 6) is -4.87. The van der Waals surface area contributed by atoms with Crippen molar-refractivity contribution < 1.29 is 34.4 Å². The smallest absolute Gasteiger partial charge is 0.462 e. The Kier molecular flexibility index (Phi) is 3.71. The van der Waals surface area contributed by atoms with Gasteiger partial charge in [0.25, 0.3) is 0 Å². The molecular formula is C5H6O7. The number of aliphatic hydroxyl groups is 1. The van der Waals surface area contributed by atoms with Crippen molar-refractivity contribution >= 4 is 17.9 Å². The number of carboxylic acids is 1. The third-order valence-electron chi connectivity index (χ3n) is 0.715. The van der Waals surface area contributed by atoms with E-state index in [1.807, 2.05) is 0 Å². The molecule has 0 amide bonds. The lowest BCUT2D eigenvalue weighted by Gasteiger charge is -2.01. The van der Waals surface area contributed by atoms with Crippen molar-refractivity contribution in [2.75, 3.05) is 0 Å². The quantitative estimate of drug-likeness (QED) is 0.284. The first kappa shape index (κ1) is 10.4. The molecule has 0 aliphatic carbocycles. The zero-order chi connectivity index (χ0) is 9.72. The molecule has 0 aliphatic heterocycles. The first-order valence-corrected chi connectivity index (χ1v) is 2.79. The molecule has 0 aromatic rings. The number of aliphatic hydroxyl groups excluding tert-OH is 1. The molecule has 1 atom stereocenters. The minimum atomic E-state index is -1.90. The molecule has 0 radical (unpaired) electrons. The average Bonchev–Trinajstić information content (AvgIpc) is 1.98. The Bertz CT molecular complexity index is 206. The Balaban J connectivity index is 3.77. The Labute approximate surface area is 66.4 Å². The van der Waals surface area contributed by atoms with Gasteiger partial charge in [-0.25, -0.2) is 24.2 Å². The maximum absolute atomic E-state index is 10.3. The van der Waals surface area contributed by atoms with Crippen LogP contribution in [0.25, 0.3) is 0 Å². The molecule has 7 nitrogen and oxygen atoms in total. The minimum absolute atomic E-state index is 1.07. The van der Waals surface area contributed by atoms with Crippen LogP contribution in [0.2, 0.25) is 0 Å². The summed E-state index contributed by atoms with van der Waals surface area (Å²) < 4.78 is 0. The number of hydrogen-bond donors (Lipinski definition) is 2. The van der Waals surface area contributed by atoms with Crippen LogP contribution >= 0.6 is 0 Å². The highest BCUT2D eigenvalue weighted by atomic mass is 17.2. The lowest BCUT2D eigenvalue weighted by atomic mass is 10.4. The fourth-order valence-electron chi connectivity index (χ4n) is 0.184. The summed E-state index contributed by atoms with van der Waals surface area (Å²) in [5, 5.41) is 16.4. The van der Waals surface area contributed by atoms with E-state index < -0.39 is 24.0 Å². The Hall–Kier alpha value is -1.63.